The zero-order chi connectivity index (χ0) is 18.4. The lowest BCUT2D eigenvalue weighted by Gasteiger charge is -2.28. The molecule has 2 aromatic rings. The largest absolute Gasteiger partial charge is 0.465 e. The third-order valence-corrected chi connectivity index (χ3v) is 4.58. The number of nitrogens with zero attached hydrogens (tertiary/aromatic N) is 3. The van der Waals surface area contributed by atoms with Crippen LogP contribution in [0.4, 0.5) is 14.9 Å². The summed E-state index contributed by atoms with van der Waals surface area (Å²) in [5.41, 5.74) is 1.01. The summed E-state index contributed by atoms with van der Waals surface area (Å²) in [6.45, 7) is 9.10. The lowest BCUT2D eigenvalue weighted by Crippen LogP contribution is -2.38. The molecule has 1 aromatic carbocycles. The molecule has 6 heteroatoms. The van der Waals surface area contributed by atoms with Crippen molar-refractivity contribution in [3.8, 4) is 0 Å². The molecule has 5 nitrogen and oxygen atoms in total. The van der Waals surface area contributed by atoms with E-state index in [0.29, 0.717) is 16.6 Å². The Morgan fingerprint density at radius 2 is 2.00 bits per heavy atom. The van der Waals surface area contributed by atoms with Gasteiger partial charge in [-0.2, -0.15) is 0 Å². The van der Waals surface area contributed by atoms with Crippen LogP contribution in [-0.4, -0.2) is 46.8 Å². The molecule has 1 N–H and O–H groups in total. The molecule has 1 aromatic heterocycles. The third-order valence-electron chi connectivity index (χ3n) is 4.58. The Bertz CT molecular complexity index is 719. The van der Waals surface area contributed by atoms with Crippen molar-refractivity contribution in [1.82, 2.24) is 9.88 Å². The quantitative estimate of drug-likeness (QED) is 0.770. The number of benzene rings is 1. The maximum atomic E-state index is 13.4. The summed E-state index contributed by atoms with van der Waals surface area (Å²) in [7, 11) is 0. The van der Waals surface area contributed by atoms with Crippen LogP contribution in [0.25, 0.3) is 10.9 Å². The van der Waals surface area contributed by atoms with Gasteiger partial charge in [0.05, 0.1) is 11.2 Å². The SMILES string of the molecule is CCN(CC)CCCC(C)N(C(=O)O)c1ccnc2cc(F)ccc12. The molecule has 0 spiro atoms. The second-order valence-corrected chi connectivity index (χ2v) is 6.16. The highest BCUT2D eigenvalue weighted by Crippen LogP contribution is 2.28. The third kappa shape index (κ3) is 4.66. The molecule has 1 unspecified atom stereocenters. The first-order valence-corrected chi connectivity index (χ1v) is 8.76. The van der Waals surface area contributed by atoms with Gasteiger partial charge in [0.25, 0.3) is 0 Å². The highest BCUT2D eigenvalue weighted by molar-refractivity contribution is 5.99. The van der Waals surface area contributed by atoms with Crippen molar-refractivity contribution in [3.63, 3.8) is 0 Å². The van der Waals surface area contributed by atoms with Crippen LogP contribution in [-0.2, 0) is 0 Å². The molecule has 0 saturated heterocycles. The number of rotatable bonds is 8. The number of fused-ring (bicyclic) bond motifs is 1. The molecule has 0 saturated carbocycles. The molecule has 0 radical (unpaired) electrons. The average Bonchev–Trinajstić information content (AvgIpc) is 2.58. The van der Waals surface area contributed by atoms with Crippen LogP contribution < -0.4 is 4.90 Å². The molecule has 25 heavy (non-hydrogen) atoms. The van der Waals surface area contributed by atoms with E-state index in [1.54, 1.807) is 12.1 Å². The number of hydrogen-bond donors (Lipinski definition) is 1. The van der Waals surface area contributed by atoms with Crippen LogP contribution in [0.3, 0.4) is 0 Å². The fourth-order valence-corrected chi connectivity index (χ4v) is 3.12. The van der Waals surface area contributed by atoms with Crippen molar-refractivity contribution < 1.29 is 14.3 Å². The summed E-state index contributed by atoms with van der Waals surface area (Å²) in [6.07, 6.45) is 2.19. The maximum Gasteiger partial charge on any atom is 0.412 e. The molecule has 0 aliphatic rings. The Balaban J connectivity index is 2.22. The molecule has 0 aliphatic carbocycles. The van der Waals surface area contributed by atoms with Gasteiger partial charge in [0.1, 0.15) is 5.82 Å². The summed E-state index contributed by atoms with van der Waals surface area (Å²) >= 11 is 0. The number of pyridine rings is 1. The van der Waals surface area contributed by atoms with Crippen LogP contribution in [0.2, 0.25) is 0 Å². The van der Waals surface area contributed by atoms with Crippen molar-refractivity contribution in [1.29, 1.82) is 0 Å². The van der Waals surface area contributed by atoms with Gasteiger partial charge in [0.15, 0.2) is 0 Å². The standard InChI is InChI=1S/C19H26FN3O2/c1-4-22(5-2)12-6-7-14(3)23(19(24)25)18-10-11-21-17-13-15(20)8-9-16(17)18/h8-11,13-14H,4-7,12H2,1-3H3,(H,24,25). The lowest BCUT2D eigenvalue weighted by atomic mass is 10.1. The highest BCUT2D eigenvalue weighted by Gasteiger charge is 2.23. The fraction of sp³-hybridized carbons (Fsp3) is 0.474. The van der Waals surface area contributed by atoms with E-state index in [9.17, 15) is 14.3 Å². The normalized spacial score (nSPS) is 12.5. The number of hydrogen-bond acceptors (Lipinski definition) is 3. The van der Waals surface area contributed by atoms with E-state index in [1.807, 2.05) is 6.92 Å². The Morgan fingerprint density at radius 1 is 1.28 bits per heavy atom. The topological polar surface area (TPSA) is 56.7 Å². The maximum absolute atomic E-state index is 13.4. The van der Waals surface area contributed by atoms with Gasteiger partial charge in [-0.15, -0.1) is 0 Å². The summed E-state index contributed by atoms with van der Waals surface area (Å²) in [5, 5.41) is 10.4. The number of amides is 1. The van der Waals surface area contributed by atoms with Crippen molar-refractivity contribution in [2.24, 2.45) is 0 Å². The van der Waals surface area contributed by atoms with Gasteiger partial charge < -0.3 is 10.0 Å². The first-order chi connectivity index (χ1) is 12.0. The molecule has 1 amide bonds. The van der Waals surface area contributed by atoms with Gasteiger partial charge >= 0.3 is 6.09 Å². The highest BCUT2D eigenvalue weighted by atomic mass is 19.1. The Hall–Kier alpha value is -2.21. The van der Waals surface area contributed by atoms with E-state index >= 15 is 0 Å². The Morgan fingerprint density at radius 3 is 2.64 bits per heavy atom. The predicted molar refractivity (Wildman–Crippen MR) is 98.7 cm³/mol. The second kappa shape index (κ2) is 8.76. The van der Waals surface area contributed by atoms with Crippen molar-refractivity contribution in [2.45, 2.75) is 39.7 Å². The van der Waals surface area contributed by atoms with E-state index in [4.69, 9.17) is 0 Å². The molecule has 2 rings (SSSR count). The predicted octanol–water partition coefficient (Wildman–Crippen LogP) is 4.37. The van der Waals surface area contributed by atoms with Crippen molar-refractivity contribution in [2.75, 3.05) is 24.5 Å². The Kier molecular flexibility index (Phi) is 6.70. The van der Waals surface area contributed by atoms with Gasteiger partial charge in [-0.1, -0.05) is 13.8 Å². The summed E-state index contributed by atoms with van der Waals surface area (Å²) < 4.78 is 13.4. The van der Waals surface area contributed by atoms with Crippen LogP contribution in [0.15, 0.2) is 30.5 Å². The second-order valence-electron chi connectivity index (χ2n) is 6.16. The van der Waals surface area contributed by atoms with Crippen LogP contribution >= 0.6 is 0 Å². The number of carboxylic acid groups (broad SMARTS) is 1. The zero-order valence-corrected chi connectivity index (χ0v) is 15.1. The minimum Gasteiger partial charge on any atom is -0.465 e. The van der Waals surface area contributed by atoms with Gasteiger partial charge in [-0.3, -0.25) is 9.88 Å². The first kappa shape index (κ1) is 19.1. The number of halogens is 1. The van der Waals surface area contributed by atoms with Gasteiger partial charge in [0, 0.05) is 23.7 Å². The summed E-state index contributed by atoms with van der Waals surface area (Å²) in [5.74, 6) is -0.383. The Labute approximate surface area is 148 Å². The minimum atomic E-state index is -1.01. The van der Waals surface area contributed by atoms with Crippen LogP contribution in [0, 0.1) is 5.82 Å². The van der Waals surface area contributed by atoms with Crippen molar-refractivity contribution in [3.05, 3.63) is 36.3 Å². The molecule has 136 valence electrons. The van der Waals surface area contributed by atoms with Gasteiger partial charge in [-0.05, 0) is 57.6 Å². The fourth-order valence-electron chi connectivity index (χ4n) is 3.12. The zero-order valence-electron chi connectivity index (χ0n) is 15.1. The number of aromatic nitrogens is 1. The van der Waals surface area contributed by atoms with E-state index in [0.717, 1.165) is 32.5 Å². The van der Waals surface area contributed by atoms with E-state index in [2.05, 4.69) is 23.7 Å². The monoisotopic (exact) mass is 347 g/mol. The smallest absolute Gasteiger partial charge is 0.412 e. The van der Waals surface area contributed by atoms with E-state index < -0.39 is 6.09 Å². The van der Waals surface area contributed by atoms with E-state index in [1.165, 1.54) is 23.2 Å². The molecular weight excluding hydrogens is 321 g/mol. The van der Waals surface area contributed by atoms with E-state index in [-0.39, 0.29) is 11.9 Å². The van der Waals surface area contributed by atoms with Crippen LogP contribution in [0.5, 0.6) is 0 Å². The molecule has 1 heterocycles. The van der Waals surface area contributed by atoms with Crippen molar-refractivity contribution >= 4 is 22.7 Å². The minimum absolute atomic E-state index is 0.177. The summed E-state index contributed by atoms with van der Waals surface area (Å²) in [6, 6.07) is 5.74. The molecule has 0 fully saturated rings. The van der Waals surface area contributed by atoms with Gasteiger partial charge in [-0.25, -0.2) is 9.18 Å². The molecule has 0 aliphatic heterocycles. The molecular formula is C19H26FN3O2. The lowest BCUT2D eigenvalue weighted by molar-refractivity contribution is 0.198. The van der Waals surface area contributed by atoms with Crippen LogP contribution in [0.1, 0.15) is 33.6 Å². The average molecular weight is 347 g/mol. The number of anilines is 1. The summed E-state index contributed by atoms with van der Waals surface area (Å²) in [4.78, 5) is 19.7. The number of carbonyl (C=O) groups is 1. The molecule has 1 atom stereocenters. The molecule has 0 bridgehead atoms. The first-order valence-electron chi connectivity index (χ1n) is 8.76. The van der Waals surface area contributed by atoms with Gasteiger partial charge in [0.2, 0.25) is 0 Å².